The molecule has 0 aliphatic heterocycles. The van der Waals surface area contributed by atoms with Crippen LogP contribution in [-0.2, 0) is 0 Å². The van der Waals surface area contributed by atoms with Crippen molar-refractivity contribution in [1.82, 2.24) is 9.88 Å². The van der Waals surface area contributed by atoms with E-state index in [9.17, 15) is 9.59 Å². The second-order valence-electron chi connectivity index (χ2n) is 3.90. The van der Waals surface area contributed by atoms with Gasteiger partial charge in [-0.05, 0) is 12.8 Å². The Morgan fingerprint density at radius 1 is 1.41 bits per heavy atom. The number of aromatic amines is 1. The predicted molar refractivity (Wildman–Crippen MR) is 68.6 cm³/mol. The smallest absolute Gasteiger partial charge is 0.259 e. The highest BCUT2D eigenvalue weighted by molar-refractivity contribution is 6.17. The zero-order valence-corrected chi connectivity index (χ0v) is 10.7. The standard InChI is InChI=1S/C12H17ClN2O2/c1-15(8-4-2-3-6-13)12(17)10-9-14-7-5-11(10)16/h5,7,9H,2-4,6,8H2,1H3,(H,14,16). The van der Waals surface area contributed by atoms with Crippen molar-refractivity contribution >= 4 is 17.5 Å². The second-order valence-corrected chi connectivity index (χ2v) is 4.28. The number of aromatic nitrogens is 1. The molecule has 17 heavy (non-hydrogen) atoms. The fourth-order valence-electron chi connectivity index (χ4n) is 1.51. The molecule has 4 nitrogen and oxygen atoms in total. The van der Waals surface area contributed by atoms with Gasteiger partial charge in [0.15, 0.2) is 5.43 Å². The average molecular weight is 257 g/mol. The number of amides is 1. The van der Waals surface area contributed by atoms with Crippen LogP contribution in [0.3, 0.4) is 0 Å². The molecule has 1 rings (SSSR count). The number of unbranched alkanes of at least 4 members (excludes halogenated alkanes) is 2. The zero-order chi connectivity index (χ0) is 12.7. The Balaban J connectivity index is 2.53. The maximum absolute atomic E-state index is 11.9. The lowest BCUT2D eigenvalue weighted by atomic mass is 10.2. The maximum Gasteiger partial charge on any atom is 0.259 e. The van der Waals surface area contributed by atoms with Gasteiger partial charge in [-0.15, -0.1) is 11.6 Å². The van der Waals surface area contributed by atoms with Crippen molar-refractivity contribution < 1.29 is 4.79 Å². The molecule has 1 amide bonds. The molecule has 94 valence electrons. The summed E-state index contributed by atoms with van der Waals surface area (Å²) in [5.74, 6) is 0.411. The minimum Gasteiger partial charge on any atom is -0.367 e. The Morgan fingerprint density at radius 3 is 2.82 bits per heavy atom. The van der Waals surface area contributed by atoms with E-state index in [1.54, 1.807) is 11.9 Å². The van der Waals surface area contributed by atoms with Crippen LogP contribution in [0.15, 0.2) is 23.3 Å². The van der Waals surface area contributed by atoms with Crippen LogP contribution in [-0.4, -0.2) is 35.3 Å². The minimum absolute atomic E-state index is 0.187. The molecular weight excluding hydrogens is 240 g/mol. The summed E-state index contributed by atoms with van der Waals surface area (Å²) in [5, 5.41) is 0. The molecule has 0 atom stereocenters. The number of rotatable bonds is 6. The largest absolute Gasteiger partial charge is 0.367 e. The van der Waals surface area contributed by atoms with Crippen LogP contribution < -0.4 is 5.43 Å². The third kappa shape index (κ3) is 4.23. The van der Waals surface area contributed by atoms with Gasteiger partial charge in [-0.1, -0.05) is 6.42 Å². The van der Waals surface area contributed by atoms with E-state index >= 15 is 0 Å². The summed E-state index contributed by atoms with van der Waals surface area (Å²) in [4.78, 5) is 27.7. The maximum atomic E-state index is 11.9. The van der Waals surface area contributed by atoms with E-state index in [0.717, 1.165) is 19.3 Å². The molecule has 0 fully saturated rings. The Labute approximate surface area is 106 Å². The van der Waals surface area contributed by atoms with Gasteiger partial charge in [-0.3, -0.25) is 9.59 Å². The molecule has 0 aliphatic rings. The van der Waals surface area contributed by atoms with Crippen molar-refractivity contribution in [3.8, 4) is 0 Å². The van der Waals surface area contributed by atoms with E-state index in [1.165, 1.54) is 18.5 Å². The molecule has 0 aromatic carbocycles. The molecule has 0 saturated carbocycles. The van der Waals surface area contributed by atoms with Gasteiger partial charge in [0.1, 0.15) is 5.56 Å². The molecule has 1 aromatic heterocycles. The van der Waals surface area contributed by atoms with Crippen LogP contribution in [0, 0.1) is 0 Å². The van der Waals surface area contributed by atoms with Crippen molar-refractivity contribution in [1.29, 1.82) is 0 Å². The minimum atomic E-state index is -0.249. The van der Waals surface area contributed by atoms with E-state index in [4.69, 9.17) is 11.6 Å². The number of H-pyrrole nitrogens is 1. The highest BCUT2D eigenvalue weighted by Gasteiger charge is 2.13. The molecule has 0 unspecified atom stereocenters. The zero-order valence-electron chi connectivity index (χ0n) is 9.91. The van der Waals surface area contributed by atoms with E-state index < -0.39 is 0 Å². The first-order valence-electron chi connectivity index (χ1n) is 5.65. The van der Waals surface area contributed by atoms with Gasteiger partial charge < -0.3 is 9.88 Å². The lowest BCUT2D eigenvalue weighted by Crippen LogP contribution is -2.31. The van der Waals surface area contributed by atoms with Crippen molar-refractivity contribution in [2.75, 3.05) is 19.5 Å². The van der Waals surface area contributed by atoms with Gasteiger partial charge in [-0.2, -0.15) is 0 Å². The van der Waals surface area contributed by atoms with Crippen LogP contribution in [0.5, 0.6) is 0 Å². The number of halogens is 1. The number of carbonyl (C=O) groups is 1. The number of carbonyl (C=O) groups excluding carboxylic acids is 1. The molecule has 0 radical (unpaired) electrons. The molecule has 1 heterocycles. The predicted octanol–water partition coefficient (Wildman–Crippen LogP) is 1.86. The molecule has 0 saturated heterocycles. The van der Waals surface area contributed by atoms with Crippen molar-refractivity contribution in [3.05, 3.63) is 34.2 Å². The van der Waals surface area contributed by atoms with Gasteiger partial charge in [0.25, 0.3) is 5.91 Å². The van der Waals surface area contributed by atoms with Crippen LogP contribution >= 0.6 is 11.6 Å². The Bertz CT molecular complexity index is 417. The van der Waals surface area contributed by atoms with E-state index in [1.807, 2.05) is 0 Å². The first-order chi connectivity index (χ1) is 8.16. The van der Waals surface area contributed by atoms with Crippen molar-refractivity contribution in [2.24, 2.45) is 0 Å². The lowest BCUT2D eigenvalue weighted by Gasteiger charge is -2.16. The van der Waals surface area contributed by atoms with E-state index in [0.29, 0.717) is 12.4 Å². The fraction of sp³-hybridized carbons (Fsp3) is 0.500. The van der Waals surface area contributed by atoms with Crippen molar-refractivity contribution in [3.63, 3.8) is 0 Å². The summed E-state index contributed by atoms with van der Waals surface area (Å²) < 4.78 is 0. The number of nitrogens with one attached hydrogen (secondary N) is 1. The topological polar surface area (TPSA) is 53.2 Å². The first kappa shape index (κ1) is 13.8. The summed E-state index contributed by atoms with van der Waals surface area (Å²) in [6, 6.07) is 1.36. The quantitative estimate of drug-likeness (QED) is 0.624. The monoisotopic (exact) mass is 256 g/mol. The number of hydrogen-bond donors (Lipinski definition) is 1. The SMILES string of the molecule is CN(CCCCCCl)C(=O)c1c[nH]ccc1=O. The van der Waals surface area contributed by atoms with E-state index in [-0.39, 0.29) is 16.9 Å². The van der Waals surface area contributed by atoms with Crippen molar-refractivity contribution in [2.45, 2.75) is 19.3 Å². The fourth-order valence-corrected chi connectivity index (χ4v) is 1.70. The summed E-state index contributed by atoms with van der Waals surface area (Å²) >= 11 is 5.57. The van der Waals surface area contributed by atoms with Gasteiger partial charge in [0.05, 0.1) is 0 Å². The highest BCUT2D eigenvalue weighted by atomic mass is 35.5. The number of alkyl halides is 1. The van der Waals surface area contributed by atoms with Gasteiger partial charge in [-0.25, -0.2) is 0 Å². The molecule has 0 spiro atoms. The summed E-state index contributed by atoms with van der Waals surface area (Å²) in [5.41, 5.74) is -0.0614. The number of nitrogens with zero attached hydrogens (tertiary/aromatic N) is 1. The van der Waals surface area contributed by atoms with Crippen LogP contribution in [0.4, 0.5) is 0 Å². The molecule has 0 aliphatic carbocycles. The Hall–Kier alpha value is -1.29. The molecule has 1 aromatic rings. The van der Waals surface area contributed by atoms with Gasteiger partial charge >= 0.3 is 0 Å². The van der Waals surface area contributed by atoms with Gasteiger partial charge in [0, 0.05) is 37.9 Å². The Kier molecular flexibility index (Phi) is 5.77. The molecular formula is C12H17ClN2O2. The first-order valence-corrected chi connectivity index (χ1v) is 6.19. The normalized spacial score (nSPS) is 10.2. The molecule has 5 heteroatoms. The summed E-state index contributed by atoms with van der Waals surface area (Å²) in [6.45, 7) is 0.643. The second kappa shape index (κ2) is 7.12. The number of hydrogen-bond acceptors (Lipinski definition) is 2. The van der Waals surface area contributed by atoms with Crippen LogP contribution in [0.25, 0.3) is 0 Å². The number of pyridine rings is 1. The third-order valence-corrected chi connectivity index (χ3v) is 2.80. The van der Waals surface area contributed by atoms with Gasteiger partial charge in [0.2, 0.25) is 0 Å². The summed E-state index contributed by atoms with van der Waals surface area (Å²) in [6.07, 6.45) is 5.81. The lowest BCUT2D eigenvalue weighted by molar-refractivity contribution is 0.0791. The third-order valence-electron chi connectivity index (χ3n) is 2.53. The molecule has 0 bridgehead atoms. The molecule has 1 N–H and O–H groups in total. The summed E-state index contributed by atoms with van der Waals surface area (Å²) in [7, 11) is 1.70. The Morgan fingerprint density at radius 2 is 2.18 bits per heavy atom. The van der Waals surface area contributed by atoms with Crippen LogP contribution in [0.2, 0.25) is 0 Å². The average Bonchev–Trinajstić information content (AvgIpc) is 2.34. The van der Waals surface area contributed by atoms with E-state index in [2.05, 4.69) is 4.98 Å². The van der Waals surface area contributed by atoms with Crippen LogP contribution in [0.1, 0.15) is 29.6 Å². The highest BCUT2D eigenvalue weighted by Crippen LogP contribution is 2.02.